The van der Waals surface area contributed by atoms with E-state index >= 15 is 0 Å². The maximum absolute atomic E-state index is 11.9. The molecule has 0 atom stereocenters. The predicted octanol–water partition coefficient (Wildman–Crippen LogP) is 2.95. The van der Waals surface area contributed by atoms with Gasteiger partial charge in [0.25, 0.3) is 0 Å². The molecule has 0 bridgehead atoms. The Balaban J connectivity index is 2.24. The molecule has 2 N–H and O–H groups in total. The lowest BCUT2D eigenvalue weighted by Crippen LogP contribution is -2.04. The molecule has 0 unspecified atom stereocenters. The van der Waals surface area contributed by atoms with E-state index in [0.29, 0.717) is 13.0 Å². The number of hydrogen-bond acceptors (Lipinski definition) is 3. The summed E-state index contributed by atoms with van der Waals surface area (Å²) < 4.78 is 28.0. The van der Waals surface area contributed by atoms with Gasteiger partial charge in [-0.05, 0) is 37.1 Å². The number of alkyl halides is 2. The Bertz CT molecular complexity index is 368. The summed E-state index contributed by atoms with van der Waals surface area (Å²) in [7, 11) is 0. The van der Waals surface area contributed by atoms with Crippen LogP contribution in [-0.2, 0) is 4.79 Å². The fourth-order valence-electron chi connectivity index (χ4n) is 1.39. The maximum Gasteiger partial charge on any atom is 0.387 e. The highest BCUT2D eigenvalue weighted by Gasteiger charge is 2.03. The van der Waals surface area contributed by atoms with E-state index in [-0.39, 0.29) is 12.2 Å². The van der Waals surface area contributed by atoms with Crippen molar-refractivity contribution in [2.75, 3.05) is 11.9 Å². The molecule has 0 saturated heterocycles. The molecule has 100 valence electrons. The second-order valence-corrected chi connectivity index (χ2v) is 3.68. The zero-order valence-electron chi connectivity index (χ0n) is 9.73. The minimum atomic E-state index is -2.82. The van der Waals surface area contributed by atoms with E-state index < -0.39 is 12.6 Å². The van der Waals surface area contributed by atoms with Crippen LogP contribution >= 0.6 is 0 Å². The first-order chi connectivity index (χ1) is 8.58. The van der Waals surface area contributed by atoms with E-state index in [4.69, 9.17) is 5.11 Å². The summed E-state index contributed by atoms with van der Waals surface area (Å²) in [5.41, 5.74) is 0.784. The fraction of sp³-hybridized carbons (Fsp3) is 0.417. The topological polar surface area (TPSA) is 58.6 Å². The van der Waals surface area contributed by atoms with E-state index in [9.17, 15) is 13.6 Å². The van der Waals surface area contributed by atoms with Crippen molar-refractivity contribution in [3.8, 4) is 5.75 Å². The minimum Gasteiger partial charge on any atom is -0.481 e. The van der Waals surface area contributed by atoms with Crippen molar-refractivity contribution < 1.29 is 23.4 Å². The average Bonchev–Trinajstić information content (AvgIpc) is 2.30. The molecule has 1 rings (SSSR count). The maximum atomic E-state index is 11.9. The zero-order chi connectivity index (χ0) is 13.4. The van der Waals surface area contributed by atoms with Gasteiger partial charge in [-0.3, -0.25) is 4.79 Å². The molecule has 0 amide bonds. The molecule has 0 radical (unpaired) electrons. The summed E-state index contributed by atoms with van der Waals surface area (Å²) in [6.07, 6.45) is 1.50. The summed E-state index contributed by atoms with van der Waals surface area (Å²) in [5.74, 6) is -0.690. The van der Waals surface area contributed by atoms with Gasteiger partial charge in [-0.15, -0.1) is 0 Å². The summed E-state index contributed by atoms with van der Waals surface area (Å²) in [5, 5.41) is 11.5. The van der Waals surface area contributed by atoms with Gasteiger partial charge in [0, 0.05) is 18.7 Å². The first-order valence-electron chi connectivity index (χ1n) is 5.58. The number of benzene rings is 1. The van der Waals surface area contributed by atoms with E-state index in [1.807, 2.05) is 0 Å². The second kappa shape index (κ2) is 7.47. The van der Waals surface area contributed by atoms with Gasteiger partial charge < -0.3 is 15.2 Å². The first kappa shape index (κ1) is 14.2. The SMILES string of the molecule is O=C(O)CCCCNc1ccc(OC(F)F)cc1. The van der Waals surface area contributed by atoms with Crippen LogP contribution in [0.4, 0.5) is 14.5 Å². The highest BCUT2D eigenvalue weighted by Crippen LogP contribution is 2.17. The molecular formula is C12H15F2NO3. The summed E-state index contributed by atoms with van der Waals surface area (Å²) >= 11 is 0. The van der Waals surface area contributed by atoms with Crippen molar-refractivity contribution in [2.45, 2.75) is 25.9 Å². The Morgan fingerprint density at radius 2 is 1.94 bits per heavy atom. The Labute approximate surface area is 104 Å². The summed E-state index contributed by atoms with van der Waals surface area (Å²) in [4.78, 5) is 10.3. The molecule has 0 aliphatic carbocycles. The van der Waals surface area contributed by atoms with E-state index in [1.54, 1.807) is 12.1 Å². The highest BCUT2D eigenvalue weighted by atomic mass is 19.3. The molecule has 0 aromatic heterocycles. The number of hydrogen-bond donors (Lipinski definition) is 2. The Morgan fingerprint density at radius 3 is 2.50 bits per heavy atom. The van der Waals surface area contributed by atoms with Gasteiger partial charge in [-0.1, -0.05) is 0 Å². The number of ether oxygens (including phenoxy) is 1. The Kier molecular flexibility index (Phi) is 5.90. The molecule has 0 aliphatic heterocycles. The van der Waals surface area contributed by atoms with Gasteiger partial charge in [0.2, 0.25) is 0 Å². The van der Waals surface area contributed by atoms with Crippen LogP contribution in [0, 0.1) is 0 Å². The molecule has 1 aromatic rings. The van der Waals surface area contributed by atoms with Crippen LogP contribution in [0.1, 0.15) is 19.3 Å². The standard InChI is InChI=1S/C12H15F2NO3/c13-12(14)18-10-6-4-9(5-7-10)15-8-2-1-3-11(16)17/h4-7,12,15H,1-3,8H2,(H,16,17). The van der Waals surface area contributed by atoms with Gasteiger partial charge in [-0.2, -0.15) is 8.78 Å². The molecule has 0 aliphatic rings. The van der Waals surface area contributed by atoms with E-state index in [2.05, 4.69) is 10.1 Å². The number of carbonyl (C=O) groups is 1. The third-order valence-corrected chi connectivity index (χ3v) is 2.23. The third-order valence-electron chi connectivity index (χ3n) is 2.23. The minimum absolute atomic E-state index is 0.112. The number of unbranched alkanes of at least 4 members (excludes halogenated alkanes) is 1. The second-order valence-electron chi connectivity index (χ2n) is 3.68. The van der Waals surface area contributed by atoms with Gasteiger partial charge in [-0.25, -0.2) is 0 Å². The smallest absolute Gasteiger partial charge is 0.387 e. The van der Waals surface area contributed by atoms with Crippen LogP contribution < -0.4 is 10.1 Å². The van der Waals surface area contributed by atoms with Gasteiger partial charge in [0.15, 0.2) is 0 Å². The molecule has 0 fully saturated rings. The highest BCUT2D eigenvalue weighted by molar-refractivity contribution is 5.66. The van der Waals surface area contributed by atoms with Crippen molar-refractivity contribution in [1.82, 2.24) is 0 Å². The number of carboxylic acids is 1. The van der Waals surface area contributed by atoms with Crippen LogP contribution in [0.5, 0.6) is 5.75 Å². The van der Waals surface area contributed by atoms with Crippen LogP contribution in [0.3, 0.4) is 0 Å². The lowest BCUT2D eigenvalue weighted by Gasteiger charge is -2.07. The van der Waals surface area contributed by atoms with Gasteiger partial charge >= 0.3 is 12.6 Å². The molecule has 1 aromatic carbocycles. The van der Waals surface area contributed by atoms with Crippen molar-refractivity contribution in [3.63, 3.8) is 0 Å². The molecular weight excluding hydrogens is 244 g/mol. The lowest BCUT2D eigenvalue weighted by molar-refractivity contribution is -0.137. The van der Waals surface area contributed by atoms with Crippen molar-refractivity contribution in [1.29, 1.82) is 0 Å². The molecule has 4 nitrogen and oxygen atoms in total. The largest absolute Gasteiger partial charge is 0.481 e. The first-order valence-corrected chi connectivity index (χ1v) is 5.58. The summed E-state index contributed by atoms with van der Waals surface area (Å²) in [6, 6.07) is 6.17. The van der Waals surface area contributed by atoms with Crippen LogP contribution in [0.15, 0.2) is 24.3 Å². The van der Waals surface area contributed by atoms with Crippen molar-refractivity contribution in [2.24, 2.45) is 0 Å². The Hall–Kier alpha value is -1.85. The molecule has 0 saturated carbocycles. The normalized spacial score (nSPS) is 10.4. The lowest BCUT2D eigenvalue weighted by atomic mass is 10.2. The molecule has 6 heteroatoms. The van der Waals surface area contributed by atoms with Gasteiger partial charge in [0.1, 0.15) is 5.75 Å². The Morgan fingerprint density at radius 1 is 1.28 bits per heavy atom. The molecule has 18 heavy (non-hydrogen) atoms. The van der Waals surface area contributed by atoms with Crippen LogP contribution in [-0.4, -0.2) is 24.2 Å². The number of rotatable bonds is 8. The summed E-state index contributed by atoms with van der Waals surface area (Å²) in [6.45, 7) is -2.18. The van der Waals surface area contributed by atoms with Crippen LogP contribution in [0.25, 0.3) is 0 Å². The number of nitrogens with one attached hydrogen (secondary N) is 1. The number of anilines is 1. The van der Waals surface area contributed by atoms with E-state index in [0.717, 1.165) is 12.1 Å². The van der Waals surface area contributed by atoms with Crippen LogP contribution in [0.2, 0.25) is 0 Å². The average molecular weight is 259 g/mol. The van der Waals surface area contributed by atoms with Crippen molar-refractivity contribution >= 4 is 11.7 Å². The quantitative estimate of drug-likeness (QED) is 0.705. The monoisotopic (exact) mass is 259 g/mol. The van der Waals surface area contributed by atoms with Gasteiger partial charge in [0.05, 0.1) is 0 Å². The number of aliphatic carboxylic acids is 1. The number of carboxylic acid groups (broad SMARTS) is 1. The zero-order valence-corrected chi connectivity index (χ0v) is 9.73. The molecule has 0 spiro atoms. The predicted molar refractivity (Wildman–Crippen MR) is 63.1 cm³/mol. The van der Waals surface area contributed by atoms with Crippen molar-refractivity contribution in [3.05, 3.63) is 24.3 Å². The molecule has 0 heterocycles. The fourth-order valence-corrected chi connectivity index (χ4v) is 1.39. The third kappa shape index (κ3) is 6.03. The number of halogens is 2. The van der Waals surface area contributed by atoms with E-state index in [1.165, 1.54) is 12.1 Å².